The van der Waals surface area contributed by atoms with Crippen molar-refractivity contribution >= 4 is 15.9 Å². The molecule has 62 valence electrons. The Kier molecular flexibility index (Phi) is 2.22. The Morgan fingerprint density at radius 1 is 1.55 bits per heavy atom. The minimum Gasteiger partial charge on any atom is -0.441 e. The first kappa shape index (κ1) is 8.58. The van der Waals surface area contributed by atoms with E-state index in [2.05, 4.69) is 25.3 Å². The van der Waals surface area contributed by atoms with Crippen molar-refractivity contribution in [3.05, 3.63) is 17.8 Å². The Labute approximate surface area is 68.5 Å². The normalized spacial score (nSPS) is 12.0. The van der Waals surface area contributed by atoms with Gasteiger partial charge in [0, 0.05) is 5.33 Å². The minimum atomic E-state index is -4.49. The predicted molar refractivity (Wildman–Crippen MR) is 34.1 cm³/mol. The molecule has 0 atom stereocenters. The molecule has 0 bridgehead atoms. The zero-order valence-electron chi connectivity index (χ0n) is 5.15. The van der Waals surface area contributed by atoms with Gasteiger partial charge in [-0.05, 0) is 0 Å². The van der Waals surface area contributed by atoms with Crippen molar-refractivity contribution < 1.29 is 17.6 Å². The van der Waals surface area contributed by atoms with E-state index in [9.17, 15) is 13.2 Å². The van der Waals surface area contributed by atoms with Crippen LogP contribution in [-0.2, 0) is 11.5 Å². The second kappa shape index (κ2) is 2.84. The average molecular weight is 230 g/mol. The van der Waals surface area contributed by atoms with Gasteiger partial charge in [0.25, 0.3) is 0 Å². The van der Waals surface area contributed by atoms with Gasteiger partial charge in [-0.3, -0.25) is 0 Å². The number of rotatable bonds is 1. The minimum absolute atomic E-state index is 0.234. The lowest BCUT2D eigenvalue weighted by atomic mass is 10.6. The molecular formula is C5H3BrF3NO. The first-order valence-corrected chi connectivity index (χ1v) is 3.73. The highest BCUT2D eigenvalue weighted by Crippen LogP contribution is 2.28. The molecule has 0 fully saturated rings. The molecule has 0 aliphatic rings. The summed E-state index contributed by atoms with van der Waals surface area (Å²) in [4.78, 5) is 3.16. The van der Waals surface area contributed by atoms with Crippen LogP contribution in [0, 0.1) is 0 Å². The maximum Gasteiger partial charge on any atom is 0.468 e. The summed E-state index contributed by atoms with van der Waals surface area (Å²) in [5, 5.41) is 0.257. The maximum absolute atomic E-state index is 11.8. The van der Waals surface area contributed by atoms with Gasteiger partial charge in [-0.25, -0.2) is 4.98 Å². The molecule has 0 unspecified atom stereocenters. The van der Waals surface area contributed by atoms with E-state index >= 15 is 0 Å². The summed E-state index contributed by atoms with van der Waals surface area (Å²) < 4.78 is 39.5. The fraction of sp³-hybridized carbons (Fsp3) is 0.400. The highest BCUT2D eigenvalue weighted by molar-refractivity contribution is 9.08. The summed E-state index contributed by atoms with van der Waals surface area (Å²) in [6.45, 7) is 0. The van der Waals surface area contributed by atoms with Crippen LogP contribution < -0.4 is 0 Å². The van der Waals surface area contributed by atoms with E-state index in [-0.39, 0.29) is 11.0 Å². The summed E-state index contributed by atoms with van der Waals surface area (Å²) >= 11 is 2.95. The summed E-state index contributed by atoms with van der Waals surface area (Å²) in [5.41, 5.74) is 0.234. The number of aromatic nitrogens is 1. The van der Waals surface area contributed by atoms with E-state index in [0.29, 0.717) is 0 Å². The first-order chi connectivity index (χ1) is 5.04. The molecule has 1 rings (SSSR count). The summed E-state index contributed by atoms with van der Waals surface area (Å²) in [7, 11) is 0. The van der Waals surface area contributed by atoms with Gasteiger partial charge in [0.05, 0.1) is 5.69 Å². The van der Waals surface area contributed by atoms with E-state index in [4.69, 9.17) is 0 Å². The molecule has 0 amide bonds. The van der Waals surface area contributed by atoms with Crippen molar-refractivity contribution in [1.29, 1.82) is 0 Å². The Balaban J connectivity index is 2.89. The van der Waals surface area contributed by atoms with Gasteiger partial charge in [0.2, 0.25) is 0 Å². The third-order valence-electron chi connectivity index (χ3n) is 0.931. The van der Waals surface area contributed by atoms with Gasteiger partial charge < -0.3 is 4.42 Å². The second-order valence-electron chi connectivity index (χ2n) is 1.78. The molecule has 0 saturated heterocycles. The lowest BCUT2D eigenvalue weighted by Crippen LogP contribution is -2.04. The number of hydrogen-bond acceptors (Lipinski definition) is 2. The van der Waals surface area contributed by atoms with Gasteiger partial charge >= 0.3 is 12.1 Å². The van der Waals surface area contributed by atoms with Crippen LogP contribution in [0.1, 0.15) is 11.6 Å². The molecule has 1 aromatic rings. The molecular weight excluding hydrogens is 227 g/mol. The fourth-order valence-electron chi connectivity index (χ4n) is 0.499. The van der Waals surface area contributed by atoms with Gasteiger partial charge in [-0.2, -0.15) is 13.2 Å². The van der Waals surface area contributed by atoms with Crippen LogP contribution >= 0.6 is 15.9 Å². The molecule has 11 heavy (non-hydrogen) atoms. The quantitative estimate of drug-likeness (QED) is 0.693. The van der Waals surface area contributed by atoms with E-state index < -0.39 is 12.1 Å². The maximum atomic E-state index is 11.8. The van der Waals surface area contributed by atoms with Crippen LogP contribution in [0.15, 0.2) is 10.7 Å². The second-order valence-corrected chi connectivity index (χ2v) is 2.34. The van der Waals surface area contributed by atoms with E-state index in [1.807, 2.05) is 0 Å². The van der Waals surface area contributed by atoms with Crippen molar-refractivity contribution in [1.82, 2.24) is 4.98 Å². The highest BCUT2D eigenvalue weighted by atomic mass is 79.9. The lowest BCUT2D eigenvalue weighted by molar-refractivity contribution is -0.157. The lowest BCUT2D eigenvalue weighted by Gasteiger charge is -1.97. The SMILES string of the molecule is FC(F)(F)c1nc(CBr)co1. The van der Waals surface area contributed by atoms with Crippen LogP contribution in [0.2, 0.25) is 0 Å². The average Bonchev–Trinajstić information content (AvgIpc) is 2.32. The monoisotopic (exact) mass is 229 g/mol. The molecule has 0 aliphatic heterocycles. The van der Waals surface area contributed by atoms with Gasteiger partial charge in [-0.15, -0.1) is 0 Å². The molecule has 1 heterocycles. The third kappa shape index (κ3) is 1.95. The fourth-order valence-corrected chi connectivity index (χ4v) is 0.756. The van der Waals surface area contributed by atoms with E-state index in [1.165, 1.54) is 0 Å². The zero-order chi connectivity index (χ0) is 8.48. The number of nitrogens with zero attached hydrogens (tertiary/aromatic N) is 1. The Morgan fingerprint density at radius 3 is 2.45 bits per heavy atom. The molecule has 0 N–H and O–H groups in total. The number of alkyl halides is 4. The van der Waals surface area contributed by atoms with Crippen molar-refractivity contribution in [2.24, 2.45) is 0 Å². The number of oxazole rings is 1. The van der Waals surface area contributed by atoms with E-state index in [0.717, 1.165) is 6.26 Å². The Bertz CT molecular complexity index is 244. The van der Waals surface area contributed by atoms with Gasteiger partial charge in [0.15, 0.2) is 0 Å². The summed E-state index contributed by atoms with van der Waals surface area (Å²) in [6.07, 6.45) is -3.52. The molecule has 0 spiro atoms. The van der Waals surface area contributed by atoms with Crippen molar-refractivity contribution in [2.75, 3.05) is 0 Å². The summed E-state index contributed by atoms with van der Waals surface area (Å²) in [6, 6.07) is 0. The van der Waals surface area contributed by atoms with Crippen LogP contribution in [-0.4, -0.2) is 4.98 Å². The molecule has 1 aromatic heterocycles. The third-order valence-corrected chi connectivity index (χ3v) is 1.51. The first-order valence-electron chi connectivity index (χ1n) is 2.61. The number of hydrogen-bond donors (Lipinski definition) is 0. The molecule has 0 aliphatic carbocycles. The number of halogens is 4. The van der Waals surface area contributed by atoms with Crippen molar-refractivity contribution in [3.63, 3.8) is 0 Å². The van der Waals surface area contributed by atoms with Crippen molar-refractivity contribution in [2.45, 2.75) is 11.5 Å². The highest BCUT2D eigenvalue weighted by Gasteiger charge is 2.36. The molecule has 6 heteroatoms. The molecule has 2 nitrogen and oxygen atoms in total. The van der Waals surface area contributed by atoms with Crippen LogP contribution in [0.5, 0.6) is 0 Å². The predicted octanol–water partition coefficient (Wildman–Crippen LogP) is 2.59. The Hall–Kier alpha value is -0.520. The summed E-state index contributed by atoms with van der Waals surface area (Å²) in [5.74, 6) is -1.20. The largest absolute Gasteiger partial charge is 0.468 e. The van der Waals surface area contributed by atoms with Gasteiger partial charge in [-0.1, -0.05) is 15.9 Å². The molecule has 0 saturated carbocycles. The molecule has 0 aromatic carbocycles. The van der Waals surface area contributed by atoms with E-state index in [1.54, 1.807) is 0 Å². The van der Waals surface area contributed by atoms with Crippen LogP contribution in [0.25, 0.3) is 0 Å². The Morgan fingerprint density at radius 2 is 2.18 bits per heavy atom. The van der Waals surface area contributed by atoms with Crippen molar-refractivity contribution in [3.8, 4) is 0 Å². The molecule has 0 radical (unpaired) electrons. The van der Waals surface area contributed by atoms with Gasteiger partial charge in [0.1, 0.15) is 6.26 Å². The topological polar surface area (TPSA) is 26.0 Å². The van der Waals surface area contributed by atoms with Crippen LogP contribution in [0.4, 0.5) is 13.2 Å². The smallest absolute Gasteiger partial charge is 0.441 e. The zero-order valence-corrected chi connectivity index (χ0v) is 6.74. The standard InChI is InChI=1S/C5H3BrF3NO/c6-1-3-2-11-4(10-3)5(7,8)9/h2H,1H2. The van der Waals surface area contributed by atoms with Crippen LogP contribution in [0.3, 0.4) is 0 Å².